The zero-order valence-corrected chi connectivity index (χ0v) is 27.0. The van der Waals surface area contributed by atoms with E-state index in [0.29, 0.717) is 28.5 Å². The molecule has 0 unspecified atom stereocenters. The summed E-state index contributed by atoms with van der Waals surface area (Å²) in [5, 5.41) is 11.5. The molecular formula is C36H36N4O6+2. The van der Waals surface area contributed by atoms with E-state index < -0.39 is 23.8 Å². The largest absolute Gasteiger partial charge is 0.552 e. The summed E-state index contributed by atoms with van der Waals surface area (Å²) in [7, 11) is 1.31. The molecule has 2 aromatic heterocycles. The van der Waals surface area contributed by atoms with Crippen LogP contribution in [0.15, 0.2) is 11.4 Å². The van der Waals surface area contributed by atoms with Crippen LogP contribution in [0.3, 0.4) is 0 Å². The van der Waals surface area contributed by atoms with Gasteiger partial charge in [-0.25, -0.2) is 0 Å². The molecule has 2 aromatic rings. The maximum absolute atomic E-state index is 14.5. The monoisotopic (exact) mass is 620 g/mol. The van der Waals surface area contributed by atoms with E-state index in [1.54, 1.807) is 6.92 Å². The summed E-state index contributed by atoms with van der Waals surface area (Å²) in [5.41, 5.74) is 9.45. The van der Waals surface area contributed by atoms with Crippen molar-refractivity contribution in [1.29, 1.82) is 0 Å². The fraction of sp³-hybridized carbons (Fsp3) is 0.444. The third-order valence-corrected chi connectivity index (χ3v) is 12.1. The standard InChI is InChI=1S/C36H35N4O6/c1-8-19-14(2)21-13-26-28(18(6)41)16(4)23-11-22-15(3)20(9-10-27(42)43)32-30-31(35(45)46-7)34(44)29-17(5)24-12-25(19)37(21)36(38(23)26,39(22)32)40(24)33(29)30/h11-15,19-20,31H,8-10H2,1-7H3/q+1/p+1/t14-,15+,19-,20+,31-,36-/m1/s1. The van der Waals surface area contributed by atoms with Crippen LogP contribution < -0.4 is 10.7 Å². The lowest BCUT2D eigenvalue weighted by Crippen LogP contribution is -2.70. The highest BCUT2D eigenvalue weighted by molar-refractivity contribution is 6.34. The smallest absolute Gasteiger partial charge is 0.481 e. The van der Waals surface area contributed by atoms with Gasteiger partial charge in [0, 0.05) is 35.8 Å². The van der Waals surface area contributed by atoms with Gasteiger partial charge in [-0.15, -0.1) is 0 Å². The number of hydrogen-bond donors (Lipinski definition) is 1. The molecule has 0 aromatic carbocycles. The Morgan fingerprint density at radius 2 is 1.65 bits per heavy atom. The van der Waals surface area contributed by atoms with Gasteiger partial charge in [0.2, 0.25) is 5.71 Å². The quantitative estimate of drug-likeness (QED) is 0.230. The maximum Gasteiger partial charge on any atom is 0.552 e. The second-order valence-electron chi connectivity index (χ2n) is 14.0. The van der Waals surface area contributed by atoms with Gasteiger partial charge in [-0.3, -0.25) is 19.2 Å². The minimum absolute atomic E-state index is 0.00588. The lowest BCUT2D eigenvalue weighted by atomic mass is 9.81. The topological polar surface area (TPSA) is 114 Å². The van der Waals surface area contributed by atoms with Crippen molar-refractivity contribution in [2.75, 3.05) is 7.11 Å². The van der Waals surface area contributed by atoms with E-state index >= 15 is 0 Å². The van der Waals surface area contributed by atoms with Crippen molar-refractivity contribution in [1.82, 2.24) is 9.13 Å². The Balaban J connectivity index is 1.56. The Labute approximate surface area is 265 Å². The highest BCUT2D eigenvalue weighted by atomic mass is 16.5. The number of carboxylic acids is 1. The molecule has 1 spiro atoms. The van der Waals surface area contributed by atoms with E-state index in [2.05, 4.69) is 57.3 Å². The summed E-state index contributed by atoms with van der Waals surface area (Å²) in [6.45, 7) is 12.2. The number of hydrogen-bond acceptors (Lipinski definition) is 5. The first-order valence-corrected chi connectivity index (χ1v) is 16.3. The van der Waals surface area contributed by atoms with Gasteiger partial charge in [0.25, 0.3) is 0 Å². The number of carbonyl (C=O) groups is 4. The summed E-state index contributed by atoms with van der Waals surface area (Å²) < 4.78 is 14.6. The van der Waals surface area contributed by atoms with Crippen molar-refractivity contribution < 1.29 is 38.2 Å². The van der Waals surface area contributed by atoms with E-state index in [1.807, 2.05) is 13.8 Å². The van der Waals surface area contributed by atoms with E-state index in [9.17, 15) is 24.3 Å². The highest BCUT2D eigenvalue weighted by Gasteiger charge is 2.77. The number of esters is 1. The zero-order chi connectivity index (χ0) is 32.5. The number of carboxylic acid groups (broad SMARTS) is 1. The summed E-state index contributed by atoms with van der Waals surface area (Å²) >= 11 is 0. The Bertz CT molecular complexity index is 2250. The molecule has 46 heavy (non-hydrogen) atoms. The first-order chi connectivity index (χ1) is 21.9. The van der Waals surface area contributed by atoms with Crippen molar-refractivity contribution in [2.45, 2.75) is 66.7 Å². The second-order valence-corrected chi connectivity index (χ2v) is 14.0. The molecule has 1 aliphatic carbocycles. The van der Waals surface area contributed by atoms with Crippen molar-refractivity contribution >= 4 is 58.7 Å². The average molecular weight is 621 g/mol. The molecule has 10 heteroatoms. The first kappa shape index (κ1) is 27.7. The molecule has 0 amide bonds. The lowest BCUT2D eigenvalue weighted by Gasteiger charge is -2.39. The molecule has 234 valence electrons. The number of Topliss-reactive ketones (excluding diaryl/α,β-unsaturated/α-hetero) is 2. The fourth-order valence-electron chi connectivity index (χ4n) is 10.3. The normalized spacial score (nSPS) is 29.9. The van der Waals surface area contributed by atoms with Crippen LogP contribution in [0.25, 0.3) is 23.8 Å². The summed E-state index contributed by atoms with van der Waals surface area (Å²) in [5.74, 6) is -4.01. The number of aliphatic carboxylic acids is 1. The number of carbonyl (C=O) groups excluding carboxylic acids is 3. The number of methoxy groups -OCH3 is 1. The van der Waals surface area contributed by atoms with Crippen LogP contribution in [0.1, 0.15) is 90.2 Å². The van der Waals surface area contributed by atoms with Crippen LogP contribution in [0.4, 0.5) is 0 Å². The van der Waals surface area contributed by atoms with Crippen LogP contribution in [-0.2, 0) is 20.2 Å². The van der Waals surface area contributed by atoms with Gasteiger partial charge < -0.3 is 9.84 Å². The molecule has 6 aliphatic heterocycles. The molecule has 0 radical (unpaired) electrons. The van der Waals surface area contributed by atoms with Crippen LogP contribution in [0.5, 0.6) is 0 Å². The van der Waals surface area contributed by atoms with Gasteiger partial charge in [-0.05, 0) is 44.7 Å². The molecule has 0 bridgehead atoms. The number of allylic oxidation sites excluding steroid dienone is 2. The molecule has 0 fully saturated rings. The fourth-order valence-corrected chi connectivity index (χ4v) is 10.3. The SMILES string of the molecule is CC[C@H]1C2=[N+]3C(=Cc4c(C(C)=O)c(C)c5n4[C@]34n3c(c(C)c6c3=C(C3=[N+]4C(=C5)[C@@H](C)[C@@H]3CCC(=O)O)[C@@H](C(=O)OC)C6=O)=C2)[C@@H]1C. The van der Waals surface area contributed by atoms with Crippen LogP contribution in [-0.4, -0.2) is 65.4 Å². The van der Waals surface area contributed by atoms with Crippen molar-refractivity contribution in [3.8, 4) is 0 Å². The van der Waals surface area contributed by atoms with Crippen molar-refractivity contribution in [2.24, 2.45) is 29.6 Å². The van der Waals surface area contributed by atoms with Crippen molar-refractivity contribution in [3.05, 3.63) is 55.7 Å². The molecule has 7 aliphatic rings. The minimum atomic E-state index is -1.14. The third-order valence-electron chi connectivity index (χ3n) is 12.1. The van der Waals surface area contributed by atoms with Gasteiger partial charge in [-0.2, -0.15) is 9.13 Å². The molecular weight excluding hydrogens is 584 g/mol. The number of rotatable bonds is 6. The molecule has 0 saturated carbocycles. The predicted octanol–water partition coefficient (Wildman–Crippen LogP) is 2.59. The Hall–Kier alpha value is -4.60. The summed E-state index contributed by atoms with van der Waals surface area (Å²) in [4.78, 5) is 53.5. The highest BCUT2D eigenvalue weighted by Crippen LogP contribution is 2.55. The zero-order valence-electron chi connectivity index (χ0n) is 27.0. The molecule has 1 N–H and O–H groups in total. The van der Waals surface area contributed by atoms with Gasteiger partial charge >= 0.3 is 17.8 Å². The molecule has 10 nitrogen and oxygen atoms in total. The first-order valence-electron chi connectivity index (χ1n) is 16.3. The van der Waals surface area contributed by atoms with Gasteiger partial charge in [0.05, 0.1) is 58.4 Å². The summed E-state index contributed by atoms with van der Waals surface area (Å²) in [6, 6.07) is 0. The van der Waals surface area contributed by atoms with Gasteiger partial charge in [0.1, 0.15) is 0 Å². The van der Waals surface area contributed by atoms with E-state index in [-0.39, 0.29) is 41.7 Å². The number of nitrogens with zero attached hydrogens (tertiary/aromatic N) is 4. The van der Waals surface area contributed by atoms with Gasteiger partial charge in [-0.1, -0.05) is 29.9 Å². The van der Waals surface area contributed by atoms with E-state index in [4.69, 9.17) is 4.74 Å². The van der Waals surface area contributed by atoms with Crippen LogP contribution >= 0.6 is 0 Å². The van der Waals surface area contributed by atoms with E-state index in [1.165, 1.54) is 12.8 Å². The molecule has 6 atom stereocenters. The number of aromatic nitrogens is 2. The van der Waals surface area contributed by atoms with Gasteiger partial charge in [0.15, 0.2) is 34.6 Å². The number of ether oxygens (including phenoxy) is 1. The van der Waals surface area contributed by atoms with Crippen LogP contribution in [0.2, 0.25) is 0 Å². The second kappa shape index (κ2) is 8.40. The third kappa shape index (κ3) is 2.64. The molecule has 9 rings (SSSR count). The Morgan fingerprint density at radius 1 is 0.978 bits per heavy atom. The maximum atomic E-state index is 14.5. The number of fused-ring (bicyclic) bond motifs is 1. The lowest BCUT2D eigenvalue weighted by molar-refractivity contribution is -0.837. The molecule has 8 heterocycles. The Morgan fingerprint density at radius 3 is 2.30 bits per heavy atom. The van der Waals surface area contributed by atoms with Crippen LogP contribution in [0, 0.1) is 43.4 Å². The van der Waals surface area contributed by atoms with E-state index in [0.717, 1.165) is 51.4 Å². The number of ketones is 2. The summed E-state index contributed by atoms with van der Waals surface area (Å²) in [6.07, 6.45) is 7.79. The van der Waals surface area contributed by atoms with Crippen molar-refractivity contribution in [3.63, 3.8) is 0 Å². The molecule has 0 saturated heterocycles. The average Bonchev–Trinajstić information content (AvgIpc) is 3.74. The Kier molecular flexibility index (Phi) is 5.06. The minimum Gasteiger partial charge on any atom is -0.481 e. The predicted molar refractivity (Wildman–Crippen MR) is 168 cm³/mol.